The van der Waals surface area contributed by atoms with Gasteiger partial charge in [-0.2, -0.15) is 13.2 Å². The summed E-state index contributed by atoms with van der Waals surface area (Å²) < 4.78 is 43.4. The standard InChI is InChI=1S/C14H17F3N4O2/c1-13(2,3)23-12(22)20-11-8-10(14(15,16)17)5-4-9(11)6-7-19-21-18/h4-5,8H,6-7H2,1-3H3,(H,20,22). The Balaban J connectivity index is 3.07. The summed E-state index contributed by atoms with van der Waals surface area (Å²) in [5, 5.41) is 5.64. The van der Waals surface area contributed by atoms with Crippen molar-refractivity contribution in [1.82, 2.24) is 0 Å². The minimum atomic E-state index is -4.53. The predicted octanol–water partition coefficient (Wildman–Crippen LogP) is 4.91. The van der Waals surface area contributed by atoms with E-state index in [9.17, 15) is 18.0 Å². The van der Waals surface area contributed by atoms with E-state index in [0.29, 0.717) is 5.56 Å². The number of ether oxygens (including phenoxy) is 1. The Hall–Kier alpha value is -2.41. The maximum absolute atomic E-state index is 12.8. The number of carbonyl (C=O) groups is 1. The van der Waals surface area contributed by atoms with Crippen molar-refractivity contribution in [2.45, 2.75) is 39.0 Å². The van der Waals surface area contributed by atoms with Gasteiger partial charge in [-0.3, -0.25) is 5.32 Å². The summed E-state index contributed by atoms with van der Waals surface area (Å²) in [6.07, 6.45) is -5.21. The highest BCUT2D eigenvalue weighted by Crippen LogP contribution is 2.32. The van der Waals surface area contributed by atoms with Crippen molar-refractivity contribution < 1.29 is 22.7 Å². The smallest absolute Gasteiger partial charge is 0.416 e. The van der Waals surface area contributed by atoms with E-state index < -0.39 is 23.4 Å². The lowest BCUT2D eigenvalue weighted by molar-refractivity contribution is -0.137. The minimum absolute atomic E-state index is 0.0257. The molecule has 0 aliphatic heterocycles. The normalized spacial score (nSPS) is 11.6. The number of nitrogens with one attached hydrogen (secondary N) is 1. The Morgan fingerprint density at radius 3 is 2.52 bits per heavy atom. The summed E-state index contributed by atoms with van der Waals surface area (Å²) in [5.41, 5.74) is 6.97. The molecule has 0 unspecified atom stereocenters. The van der Waals surface area contributed by atoms with E-state index in [0.717, 1.165) is 12.1 Å². The first kappa shape index (κ1) is 18.6. The Labute approximate surface area is 131 Å². The van der Waals surface area contributed by atoms with E-state index in [1.54, 1.807) is 20.8 Å². The molecule has 0 aliphatic rings. The first-order chi connectivity index (χ1) is 10.5. The number of anilines is 1. The summed E-state index contributed by atoms with van der Waals surface area (Å²) in [7, 11) is 0. The van der Waals surface area contributed by atoms with Gasteiger partial charge in [0.25, 0.3) is 0 Å². The van der Waals surface area contributed by atoms with Gasteiger partial charge in [-0.15, -0.1) is 0 Å². The molecule has 6 nitrogen and oxygen atoms in total. The van der Waals surface area contributed by atoms with E-state index >= 15 is 0 Å². The Bertz CT molecular complexity index is 617. The first-order valence-electron chi connectivity index (χ1n) is 6.74. The number of alkyl halides is 3. The Morgan fingerprint density at radius 1 is 1.35 bits per heavy atom. The third-order valence-corrected chi connectivity index (χ3v) is 2.62. The fraction of sp³-hybridized carbons (Fsp3) is 0.500. The van der Waals surface area contributed by atoms with Crippen LogP contribution in [0.25, 0.3) is 10.4 Å². The molecule has 0 aliphatic carbocycles. The number of amides is 1. The van der Waals surface area contributed by atoms with Gasteiger partial charge < -0.3 is 4.74 Å². The molecule has 0 atom stereocenters. The van der Waals surface area contributed by atoms with Crippen LogP contribution in [-0.2, 0) is 17.3 Å². The predicted molar refractivity (Wildman–Crippen MR) is 79.0 cm³/mol. The number of hydrogen-bond donors (Lipinski definition) is 1. The van der Waals surface area contributed by atoms with Crippen LogP contribution < -0.4 is 5.32 Å². The van der Waals surface area contributed by atoms with Gasteiger partial charge in [-0.1, -0.05) is 11.2 Å². The van der Waals surface area contributed by atoms with Crippen LogP contribution in [-0.4, -0.2) is 18.2 Å². The molecule has 1 rings (SSSR count). The number of rotatable bonds is 4. The molecule has 9 heteroatoms. The highest BCUT2D eigenvalue weighted by atomic mass is 19.4. The third-order valence-electron chi connectivity index (χ3n) is 2.62. The van der Waals surface area contributed by atoms with Crippen molar-refractivity contribution in [2.75, 3.05) is 11.9 Å². The lowest BCUT2D eigenvalue weighted by Gasteiger charge is -2.21. The molecular formula is C14H17F3N4O2. The van der Waals surface area contributed by atoms with Crippen LogP contribution in [0.2, 0.25) is 0 Å². The van der Waals surface area contributed by atoms with Crippen LogP contribution in [0.15, 0.2) is 23.3 Å². The summed E-state index contributed by atoms with van der Waals surface area (Å²) in [6, 6.07) is 2.98. The highest BCUT2D eigenvalue weighted by molar-refractivity contribution is 5.86. The van der Waals surface area contributed by atoms with Crippen LogP contribution in [0.5, 0.6) is 0 Å². The molecule has 0 heterocycles. The lowest BCUT2D eigenvalue weighted by atomic mass is 10.1. The second-order valence-corrected chi connectivity index (χ2v) is 5.70. The van der Waals surface area contributed by atoms with Crippen LogP contribution in [0, 0.1) is 0 Å². The maximum Gasteiger partial charge on any atom is 0.416 e. The van der Waals surface area contributed by atoms with Crippen LogP contribution >= 0.6 is 0 Å². The summed E-state index contributed by atoms with van der Waals surface area (Å²) in [6.45, 7) is 4.98. The van der Waals surface area contributed by atoms with Crippen LogP contribution in [0.4, 0.5) is 23.7 Å². The first-order valence-corrected chi connectivity index (χ1v) is 6.74. The summed E-state index contributed by atoms with van der Waals surface area (Å²) in [5.74, 6) is 0. The molecule has 0 saturated carbocycles. The van der Waals surface area contributed by atoms with E-state index in [-0.39, 0.29) is 18.7 Å². The fourth-order valence-electron chi connectivity index (χ4n) is 1.72. The number of nitrogens with zero attached hydrogens (tertiary/aromatic N) is 3. The SMILES string of the molecule is CC(C)(C)OC(=O)Nc1cc(C(F)(F)F)ccc1CCN=[N+]=[N-]. The monoisotopic (exact) mass is 330 g/mol. The summed E-state index contributed by atoms with van der Waals surface area (Å²) in [4.78, 5) is 14.4. The molecule has 1 aromatic carbocycles. The molecule has 0 bridgehead atoms. The fourth-order valence-corrected chi connectivity index (χ4v) is 1.72. The molecule has 0 saturated heterocycles. The van der Waals surface area contributed by atoms with E-state index in [2.05, 4.69) is 15.3 Å². The van der Waals surface area contributed by atoms with Gasteiger partial charge in [0.1, 0.15) is 5.60 Å². The Kier molecular flexibility index (Phi) is 5.86. The lowest BCUT2D eigenvalue weighted by Crippen LogP contribution is -2.27. The average molecular weight is 330 g/mol. The number of benzene rings is 1. The van der Waals surface area contributed by atoms with Gasteiger partial charge in [0.05, 0.1) is 5.56 Å². The van der Waals surface area contributed by atoms with Gasteiger partial charge in [0, 0.05) is 17.1 Å². The zero-order valence-corrected chi connectivity index (χ0v) is 12.9. The molecule has 23 heavy (non-hydrogen) atoms. The molecule has 0 fully saturated rings. The van der Waals surface area contributed by atoms with Crippen molar-refractivity contribution in [2.24, 2.45) is 5.11 Å². The molecule has 0 spiro atoms. The van der Waals surface area contributed by atoms with Crippen LogP contribution in [0.3, 0.4) is 0 Å². The van der Waals surface area contributed by atoms with Gasteiger partial charge in [0.2, 0.25) is 0 Å². The van der Waals surface area contributed by atoms with E-state index in [4.69, 9.17) is 10.3 Å². The van der Waals surface area contributed by atoms with Crippen molar-refractivity contribution in [1.29, 1.82) is 0 Å². The zero-order valence-electron chi connectivity index (χ0n) is 12.9. The van der Waals surface area contributed by atoms with E-state index in [1.807, 2.05) is 0 Å². The van der Waals surface area contributed by atoms with Gasteiger partial charge in [0.15, 0.2) is 0 Å². The quantitative estimate of drug-likeness (QED) is 0.483. The average Bonchev–Trinajstić information content (AvgIpc) is 2.37. The topological polar surface area (TPSA) is 87.1 Å². The minimum Gasteiger partial charge on any atom is -0.444 e. The van der Waals surface area contributed by atoms with Crippen LogP contribution in [0.1, 0.15) is 31.9 Å². The zero-order chi connectivity index (χ0) is 17.7. The van der Waals surface area contributed by atoms with E-state index in [1.165, 1.54) is 6.07 Å². The van der Waals surface area contributed by atoms with Crippen molar-refractivity contribution in [3.63, 3.8) is 0 Å². The molecule has 126 valence electrons. The third kappa shape index (κ3) is 6.48. The van der Waals surface area contributed by atoms with Crippen molar-refractivity contribution in [3.05, 3.63) is 39.8 Å². The molecule has 0 aromatic heterocycles. The number of carbonyl (C=O) groups excluding carboxylic acids is 1. The molecule has 1 amide bonds. The second kappa shape index (κ2) is 7.23. The molecular weight excluding hydrogens is 313 g/mol. The summed E-state index contributed by atoms with van der Waals surface area (Å²) >= 11 is 0. The molecule has 0 radical (unpaired) electrons. The largest absolute Gasteiger partial charge is 0.444 e. The number of azide groups is 1. The van der Waals surface area contributed by atoms with Gasteiger partial charge in [-0.05, 0) is 50.4 Å². The van der Waals surface area contributed by atoms with Gasteiger partial charge >= 0.3 is 12.3 Å². The van der Waals surface area contributed by atoms with Gasteiger partial charge in [-0.25, -0.2) is 4.79 Å². The second-order valence-electron chi connectivity index (χ2n) is 5.70. The Morgan fingerprint density at radius 2 is 2.00 bits per heavy atom. The number of hydrogen-bond acceptors (Lipinski definition) is 3. The number of halogens is 3. The maximum atomic E-state index is 12.8. The van der Waals surface area contributed by atoms with Crippen molar-refractivity contribution in [3.8, 4) is 0 Å². The van der Waals surface area contributed by atoms with Crippen molar-refractivity contribution >= 4 is 11.8 Å². The molecule has 1 N–H and O–H groups in total. The highest BCUT2D eigenvalue weighted by Gasteiger charge is 2.31. The molecule has 1 aromatic rings.